The molecule has 0 aromatic heterocycles. The molecule has 92 valence electrons. The lowest BCUT2D eigenvalue weighted by atomic mass is 10.4. The molecule has 1 fully saturated rings. The molecule has 0 spiro atoms. The first-order valence-corrected chi connectivity index (χ1v) is 5.33. The number of hydrogen-bond acceptors (Lipinski definition) is 5. The van der Waals surface area contributed by atoms with Gasteiger partial charge in [0.25, 0.3) is 0 Å². The van der Waals surface area contributed by atoms with Crippen LogP contribution in [-0.4, -0.2) is 45.3 Å². The molecule has 0 amide bonds. The Balaban J connectivity index is 1.88. The molecular weight excluding hydrogens is 212 g/mol. The predicted octanol–water partition coefficient (Wildman–Crippen LogP) is 0.885. The summed E-state index contributed by atoms with van der Waals surface area (Å²) in [7, 11) is 0. The zero-order valence-electron chi connectivity index (χ0n) is 9.57. The number of hydrogen-bond donors (Lipinski definition) is 0. The molecule has 16 heavy (non-hydrogen) atoms. The van der Waals surface area contributed by atoms with Crippen LogP contribution in [0.1, 0.15) is 13.3 Å². The Morgan fingerprint density at radius 3 is 2.62 bits per heavy atom. The van der Waals surface area contributed by atoms with E-state index in [2.05, 4.69) is 6.58 Å². The fraction of sp³-hybridized carbons (Fsp3) is 0.727. The molecule has 0 radical (unpaired) electrons. The van der Waals surface area contributed by atoms with Crippen molar-refractivity contribution < 1.29 is 23.7 Å². The molecule has 5 nitrogen and oxygen atoms in total. The summed E-state index contributed by atoms with van der Waals surface area (Å²) in [4.78, 5) is 11.0. The molecule has 0 N–H and O–H groups in total. The van der Waals surface area contributed by atoms with E-state index < -0.39 is 0 Å². The predicted molar refractivity (Wildman–Crippen MR) is 56.9 cm³/mol. The number of esters is 1. The Hall–Kier alpha value is -0.910. The van der Waals surface area contributed by atoms with E-state index in [9.17, 15) is 4.79 Å². The highest BCUT2D eigenvalue weighted by molar-refractivity contribution is 5.86. The van der Waals surface area contributed by atoms with Gasteiger partial charge in [0, 0.05) is 12.0 Å². The average Bonchev–Trinajstić information content (AvgIpc) is 2.75. The maximum absolute atomic E-state index is 11.0. The molecule has 1 aliphatic rings. The highest BCUT2D eigenvalue weighted by Crippen LogP contribution is 2.07. The molecule has 1 saturated heterocycles. The number of carbonyl (C=O) groups excluding carboxylic acids is 1. The highest BCUT2D eigenvalue weighted by Gasteiger charge is 2.14. The highest BCUT2D eigenvalue weighted by atomic mass is 16.7. The van der Waals surface area contributed by atoms with Crippen molar-refractivity contribution in [3.63, 3.8) is 0 Å². The summed E-state index contributed by atoms with van der Waals surface area (Å²) in [5.41, 5.74) is 0.396. The Morgan fingerprint density at radius 1 is 1.31 bits per heavy atom. The normalized spacial score (nSPS) is 16.3. The Kier molecular flexibility index (Phi) is 6.07. The van der Waals surface area contributed by atoms with Gasteiger partial charge < -0.3 is 18.9 Å². The maximum Gasteiger partial charge on any atom is 0.333 e. The molecule has 5 heteroatoms. The minimum absolute atomic E-state index is 0.141. The van der Waals surface area contributed by atoms with Crippen molar-refractivity contribution >= 4 is 5.97 Å². The van der Waals surface area contributed by atoms with Crippen LogP contribution in [0.25, 0.3) is 0 Å². The number of ether oxygens (including phenoxy) is 4. The molecule has 1 rings (SSSR count). The summed E-state index contributed by atoms with van der Waals surface area (Å²) < 4.78 is 20.6. The molecule has 0 aromatic carbocycles. The molecule has 0 aromatic rings. The van der Waals surface area contributed by atoms with Crippen molar-refractivity contribution in [1.29, 1.82) is 0 Å². The summed E-state index contributed by atoms with van der Waals surface area (Å²) in [6.45, 7) is 7.56. The zero-order chi connectivity index (χ0) is 11.8. The standard InChI is InChI=1S/C11H18O5/c1-9(2)11(12)16-6-5-13-4-3-10-14-7-8-15-10/h10H,1,3-8H2,2H3. The second-order valence-electron chi connectivity index (χ2n) is 3.49. The van der Waals surface area contributed by atoms with E-state index in [0.717, 1.165) is 0 Å². The lowest BCUT2D eigenvalue weighted by Gasteiger charge is -2.09. The lowest BCUT2D eigenvalue weighted by Crippen LogP contribution is -2.14. The SMILES string of the molecule is C=C(C)C(=O)OCCOCCC1OCCO1. The monoisotopic (exact) mass is 230 g/mol. The van der Waals surface area contributed by atoms with Gasteiger partial charge in [-0.2, -0.15) is 0 Å². The van der Waals surface area contributed by atoms with Crippen LogP contribution >= 0.6 is 0 Å². The molecule has 0 unspecified atom stereocenters. The molecule has 1 aliphatic heterocycles. The Morgan fingerprint density at radius 2 is 2.00 bits per heavy atom. The summed E-state index contributed by atoms with van der Waals surface area (Å²) in [5.74, 6) is -0.383. The summed E-state index contributed by atoms with van der Waals surface area (Å²) in [5, 5.41) is 0. The third kappa shape index (κ3) is 5.25. The van der Waals surface area contributed by atoms with Crippen LogP contribution in [0.5, 0.6) is 0 Å². The quantitative estimate of drug-likeness (QED) is 0.369. The van der Waals surface area contributed by atoms with Gasteiger partial charge in [-0.25, -0.2) is 4.79 Å². The van der Waals surface area contributed by atoms with E-state index in [1.807, 2.05) is 0 Å². The van der Waals surface area contributed by atoms with Gasteiger partial charge in [-0.1, -0.05) is 6.58 Å². The zero-order valence-corrected chi connectivity index (χ0v) is 9.57. The first kappa shape index (κ1) is 13.2. The van der Waals surface area contributed by atoms with E-state index in [4.69, 9.17) is 18.9 Å². The minimum Gasteiger partial charge on any atom is -0.460 e. The van der Waals surface area contributed by atoms with Gasteiger partial charge >= 0.3 is 5.97 Å². The third-order valence-electron chi connectivity index (χ3n) is 2.00. The van der Waals surface area contributed by atoms with Crippen LogP contribution in [-0.2, 0) is 23.7 Å². The molecular formula is C11H18O5. The van der Waals surface area contributed by atoms with Crippen LogP contribution in [0.15, 0.2) is 12.2 Å². The summed E-state index contributed by atoms with van der Waals surface area (Å²) in [6, 6.07) is 0. The van der Waals surface area contributed by atoms with Crippen molar-refractivity contribution in [2.75, 3.05) is 33.0 Å². The smallest absolute Gasteiger partial charge is 0.333 e. The topological polar surface area (TPSA) is 54.0 Å². The van der Waals surface area contributed by atoms with Crippen molar-refractivity contribution in [3.05, 3.63) is 12.2 Å². The molecule has 0 saturated carbocycles. The molecule has 0 aliphatic carbocycles. The van der Waals surface area contributed by atoms with E-state index >= 15 is 0 Å². The second-order valence-corrected chi connectivity index (χ2v) is 3.49. The van der Waals surface area contributed by atoms with Crippen LogP contribution in [0.4, 0.5) is 0 Å². The van der Waals surface area contributed by atoms with Gasteiger partial charge in [0.15, 0.2) is 6.29 Å². The van der Waals surface area contributed by atoms with Gasteiger partial charge in [0.1, 0.15) is 6.61 Å². The van der Waals surface area contributed by atoms with Gasteiger partial charge in [0.2, 0.25) is 0 Å². The Labute approximate surface area is 95.3 Å². The van der Waals surface area contributed by atoms with Crippen LogP contribution in [0.2, 0.25) is 0 Å². The average molecular weight is 230 g/mol. The van der Waals surface area contributed by atoms with Crippen molar-refractivity contribution in [1.82, 2.24) is 0 Å². The van der Waals surface area contributed by atoms with Crippen molar-refractivity contribution in [2.24, 2.45) is 0 Å². The van der Waals surface area contributed by atoms with Crippen molar-refractivity contribution in [2.45, 2.75) is 19.6 Å². The van der Waals surface area contributed by atoms with E-state index in [1.54, 1.807) is 6.92 Å². The molecule has 0 bridgehead atoms. The second kappa shape index (κ2) is 7.38. The number of rotatable bonds is 7. The lowest BCUT2D eigenvalue weighted by molar-refractivity contribution is -0.140. The largest absolute Gasteiger partial charge is 0.460 e. The van der Waals surface area contributed by atoms with E-state index in [1.165, 1.54) is 0 Å². The number of carbonyl (C=O) groups is 1. The van der Waals surface area contributed by atoms with Gasteiger partial charge in [-0.3, -0.25) is 0 Å². The molecule has 0 atom stereocenters. The third-order valence-corrected chi connectivity index (χ3v) is 2.00. The maximum atomic E-state index is 11.0. The van der Waals surface area contributed by atoms with E-state index in [0.29, 0.717) is 38.4 Å². The first-order chi connectivity index (χ1) is 7.70. The van der Waals surface area contributed by atoms with Crippen molar-refractivity contribution in [3.8, 4) is 0 Å². The minimum atomic E-state index is -0.383. The summed E-state index contributed by atoms with van der Waals surface area (Å²) >= 11 is 0. The first-order valence-electron chi connectivity index (χ1n) is 5.33. The Bertz CT molecular complexity index is 233. The van der Waals surface area contributed by atoms with Gasteiger partial charge in [-0.15, -0.1) is 0 Å². The van der Waals surface area contributed by atoms with E-state index in [-0.39, 0.29) is 18.9 Å². The van der Waals surface area contributed by atoms with Crippen LogP contribution in [0, 0.1) is 0 Å². The molecule has 1 heterocycles. The van der Waals surface area contributed by atoms with Crippen LogP contribution < -0.4 is 0 Å². The summed E-state index contributed by atoms with van der Waals surface area (Å²) in [6.07, 6.45) is 0.562. The van der Waals surface area contributed by atoms with Crippen LogP contribution in [0.3, 0.4) is 0 Å². The van der Waals surface area contributed by atoms with Gasteiger partial charge in [-0.05, 0) is 6.92 Å². The van der Waals surface area contributed by atoms with Gasteiger partial charge in [0.05, 0.1) is 26.4 Å². The fourth-order valence-corrected chi connectivity index (χ4v) is 1.17. The fourth-order valence-electron chi connectivity index (χ4n) is 1.17.